The van der Waals surface area contributed by atoms with Crippen LogP contribution < -0.4 is 4.72 Å². The Kier molecular flexibility index (Phi) is 6.04. The van der Waals surface area contributed by atoms with Crippen LogP contribution in [0, 0.1) is 5.92 Å². The molecule has 1 fully saturated rings. The predicted octanol–water partition coefficient (Wildman–Crippen LogP) is 0.284. The molecule has 0 radical (unpaired) electrons. The quantitative estimate of drug-likeness (QED) is 0.677. The van der Waals surface area contributed by atoms with E-state index in [1.54, 1.807) is 0 Å². The molecule has 1 N–H and O–H groups in total. The Morgan fingerprint density at radius 2 is 2.28 bits per heavy atom. The third-order valence-corrected chi connectivity index (χ3v) is 4.62. The van der Waals surface area contributed by atoms with Gasteiger partial charge >= 0.3 is 5.97 Å². The van der Waals surface area contributed by atoms with Crippen LogP contribution >= 0.6 is 0 Å². The summed E-state index contributed by atoms with van der Waals surface area (Å²) in [5, 5.41) is 0. The van der Waals surface area contributed by atoms with Gasteiger partial charge < -0.3 is 9.47 Å². The number of carbonyl (C=O) groups is 1. The summed E-state index contributed by atoms with van der Waals surface area (Å²) in [5.74, 6) is -0.206. The lowest BCUT2D eigenvalue weighted by atomic mass is 10.0. The summed E-state index contributed by atoms with van der Waals surface area (Å²) in [6.45, 7) is 3.14. The second-order valence-corrected chi connectivity index (χ2v) is 6.40. The first-order valence-electron chi connectivity index (χ1n) is 6.09. The second-order valence-electron chi connectivity index (χ2n) is 4.53. The Morgan fingerprint density at radius 3 is 2.83 bits per heavy atom. The summed E-state index contributed by atoms with van der Waals surface area (Å²) < 4.78 is 35.8. The fraction of sp³-hybridized carbons (Fsp3) is 0.909. The van der Waals surface area contributed by atoms with Gasteiger partial charge in [0.25, 0.3) is 0 Å². The first-order chi connectivity index (χ1) is 8.44. The zero-order valence-electron chi connectivity index (χ0n) is 10.8. The van der Waals surface area contributed by atoms with E-state index in [1.807, 2.05) is 6.92 Å². The van der Waals surface area contributed by atoms with E-state index in [0.29, 0.717) is 13.2 Å². The molecule has 1 rings (SSSR count). The highest BCUT2D eigenvalue weighted by atomic mass is 32.2. The van der Waals surface area contributed by atoms with E-state index >= 15 is 0 Å². The van der Waals surface area contributed by atoms with E-state index in [9.17, 15) is 13.2 Å². The molecule has 106 valence electrons. The maximum Gasteiger partial charge on any atom is 0.305 e. The van der Waals surface area contributed by atoms with Crippen LogP contribution in [0.3, 0.4) is 0 Å². The molecule has 2 atom stereocenters. The molecule has 1 heterocycles. The molecule has 1 aliphatic rings. The van der Waals surface area contributed by atoms with Gasteiger partial charge in [-0.2, -0.15) is 0 Å². The van der Waals surface area contributed by atoms with Crippen molar-refractivity contribution in [2.24, 2.45) is 5.92 Å². The molecule has 0 aliphatic carbocycles. The minimum absolute atomic E-state index is 0.0555. The van der Waals surface area contributed by atoms with Crippen molar-refractivity contribution in [3.63, 3.8) is 0 Å². The van der Waals surface area contributed by atoms with E-state index in [4.69, 9.17) is 4.74 Å². The van der Waals surface area contributed by atoms with Crippen LogP contribution in [0.2, 0.25) is 0 Å². The normalized spacial score (nSPS) is 21.8. The van der Waals surface area contributed by atoms with E-state index in [1.165, 1.54) is 7.11 Å². The zero-order valence-corrected chi connectivity index (χ0v) is 11.7. The Hall–Kier alpha value is -0.660. The van der Waals surface area contributed by atoms with Crippen molar-refractivity contribution in [3.8, 4) is 0 Å². The number of carbonyl (C=O) groups excluding carboxylic acids is 1. The molecule has 0 saturated carbocycles. The molecule has 6 nitrogen and oxygen atoms in total. The molecule has 2 unspecified atom stereocenters. The summed E-state index contributed by atoms with van der Waals surface area (Å²) in [4.78, 5) is 10.9. The van der Waals surface area contributed by atoms with Crippen LogP contribution in [0.1, 0.15) is 26.2 Å². The average molecular weight is 279 g/mol. The predicted molar refractivity (Wildman–Crippen MR) is 66.6 cm³/mol. The standard InChI is InChI=1S/C11H21NO5S/c1-9(10-5-6-17-8-10)12-18(14,15)7-3-4-11(13)16-2/h9-10,12H,3-8H2,1-2H3. The highest BCUT2D eigenvalue weighted by Crippen LogP contribution is 2.17. The molecule has 1 saturated heterocycles. The monoisotopic (exact) mass is 279 g/mol. The average Bonchev–Trinajstić information content (AvgIpc) is 2.81. The van der Waals surface area contributed by atoms with Crippen LogP contribution in [0.5, 0.6) is 0 Å². The highest BCUT2D eigenvalue weighted by molar-refractivity contribution is 7.89. The minimum atomic E-state index is -3.34. The zero-order chi connectivity index (χ0) is 13.6. The van der Waals surface area contributed by atoms with Gasteiger partial charge in [0.05, 0.1) is 19.5 Å². The Morgan fingerprint density at radius 1 is 1.56 bits per heavy atom. The van der Waals surface area contributed by atoms with Gasteiger partial charge in [-0.1, -0.05) is 0 Å². The molecule has 0 aromatic heterocycles. The lowest BCUT2D eigenvalue weighted by Crippen LogP contribution is -2.39. The smallest absolute Gasteiger partial charge is 0.305 e. The van der Waals surface area contributed by atoms with E-state index in [-0.39, 0.29) is 36.5 Å². The SMILES string of the molecule is COC(=O)CCCS(=O)(=O)NC(C)C1CCOC1. The summed E-state index contributed by atoms with van der Waals surface area (Å²) in [5.41, 5.74) is 0. The summed E-state index contributed by atoms with van der Waals surface area (Å²) in [6.07, 6.45) is 1.28. The lowest BCUT2D eigenvalue weighted by molar-refractivity contribution is -0.140. The van der Waals surface area contributed by atoms with Gasteiger partial charge in [0.15, 0.2) is 0 Å². The van der Waals surface area contributed by atoms with Gasteiger partial charge in [-0.3, -0.25) is 4.79 Å². The van der Waals surface area contributed by atoms with E-state index < -0.39 is 10.0 Å². The molecular weight excluding hydrogens is 258 g/mol. The van der Waals surface area contributed by atoms with Crippen LogP contribution in [-0.2, 0) is 24.3 Å². The van der Waals surface area contributed by atoms with Crippen molar-refractivity contribution in [2.45, 2.75) is 32.2 Å². The molecule has 0 aromatic carbocycles. The number of hydrogen-bond acceptors (Lipinski definition) is 5. The molecule has 1 aliphatic heterocycles. The van der Waals surface area contributed by atoms with E-state index in [0.717, 1.165) is 6.42 Å². The van der Waals surface area contributed by atoms with Crippen LogP contribution in [0.4, 0.5) is 0 Å². The third kappa shape index (κ3) is 5.32. The van der Waals surface area contributed by atoms with E-state index in [2.05, 4.69) is 9.46 Å². The molecule has 7 heteroatoms. The molecule has 0 amide bonds. The topological polar surface area (TPSA) is 81.7 Å². The third-order valence-electron chi connectivity index (χ3n) is 3.06. The minimum Gasteiger partial charge on any atom is -0.469 e. The number of ether oxygens (including phenoxy) is 2. The molecule has 0 spiro atoms. The molecule has 0 bridgehead atoms. The van der Waals surface area contributed by atoms with Gasteiger partial charge in [-0.05, 0) is 19.8 Å². The highest BCUT2D eigenvalue weighted by Gasteiger charge is 2.25. The number of rotatable bonds is 7. The molecule has 0 aromatic rings. The first-order valence-corrected chi connectivity index (χ1v) is 7.74. The summed E-state index contributed by atoms with van der Waals surface area (Å²) in [7, 11) is -2.05. The Bertz CT molecular complexity index is 362. The number of hydrogen-bond donors (Lipinski definition) is 1. The molecular formula is C11H21NO5S. The van der Waals surface area contributed by atoms with Gasteiger partial charge in [0.1, 0.15) is 0 Å². The molecule has 18 heavy (non-hydrogen) atoms. The lowest BCUT2D eigenvalue weighted by Gasteiger charge is -2.19. The fourth-order valence-corrected chi connectivity index (χ4v) is 3.30. The van der Waals surface area contributed by atoms with Crippen LogP contribution in [-0.4, -0.2) is 46.5 Å². The van der Waals surface area contributed by atoms with Crippen molar-refractivity contribution in [1.82, 2.24) is 4.72 Å². The Balaban J connectivity index is 2.32. The first kappa shape index (κ1) is 15.4. The van der Waals surface area contributed by atoms with Gasteiger partial charge in [-0.15, -0.1) is 0 Å². The van der Waals surface area contributed by atoms with Gasteiger partial charge in [0, 0.05) is 25.0 Å². The van der Waals surface area contributed by atoms with Crippen LogP contribution in [0.25, 0.3) is 0 Å². The van der Waals surface area contributed by atoms with Crippen molar-refractivity contribution in [1.29, 1.82) is 0 Å². The summed E-state index contributed by atoms with van der Waals surface area (Å²) >= 11 is 0. The largest absolute Gasteiger partial charge is 0.469 e. The number of esters is 1. The van der Waals surface area contributed by atoms with Crippen molar-refractivity contribution >= 4 is 16.0 Å². The van der Waals surface area contributed by atoms with Crippen LogP contribution in [0.15, 0.2) is 0 Å². The number of sulfonamides is 1. The van der Waals surface area contributed by atoms with Gasteiger partial charge in [-0.25, -0.2) is 13.1 Å². The van der Waals surface area contributed by atoms with Crippen molar-refractivity contribution in [2.75, 3.05) is 26.1 Å². The van der Waals surface area contributed by atoms with Gasteiger partial charge in [0.2, 0.25) is 10.0 Å². The summed E-state index contributed by atoms with van der Waals surface area (Å²) in [6, 6.07) is -0.129. The number of nitrogens with one attached hydrogen (secondary N) is 1. The van der Waals surface area contributed by atoms with Crippen molar-refractivity contribution < 1.29 is 22.7 Å². The number of methoxy groups -OCH3 is 1. The second kappa shape index (κ2) is 7.06. The maximum absolute atomic E-state index is 11.8. The van der Waals surface area contributed by atoms with Crippen molar-refractivity contribution in [3.05, 3.63) is 0 Å². The fourth-order valence-electron chi connectivity index (χ4n) is 1.89. The Labute approximate surface area is 108 Å². The maximum atomic E-state index is 11.8.